The number of aliphatic hydroxyl groups excluding tert-OH is 2. The maximum atomic E-state index is 10.1. The minimum atomic E-state index is -2.06. The third-order valence-electron chi connectivity index (χ3n) is 33.2. The molecule has 41 heteroatoms. The third kappa shape index (κ3) is 28.4. The van der Waals surface area contributed by atoms with Crippen LogP contribution in [0.3, 0.4) is 0 Å². The molecule has 5 aliphatic carbocycles. The first-order valence-corrected chi connectivity index (χ1v) is 66.7. The van der Waals surface area contributed by atoms with Gasteiger partial charge in [0.15, 0.2) is 38.0 Å². The van der Waals surface area contributed by atoms with Crippen molar-refractivity contribution in [3.8, 4) is 0 Å². The summed E-state index contributed by atoms with van der Waals surface area (Å²) >= 11 is 29.8. The van der Waals surface area contributed by atoms with Gasteiger partial charge in [0, 0.05) is 85.0 Å². The van der Waals surface area contributed by atoms with Crippen LogP contribution >= 0.6 is 58.0 Å². The fourth-order valence-corrected chi connectivity index (χ4v) is 56.1. The van der Waals surface area contributed by atoms with Gasteiger partial charge in [0.05, 0.1) is 49.8 Å². The molecule has 31 nitrogen and oxygen atoms in total. The lowest BCUT2D eigenvalue weighted by atomic mass is 10.0. The number of aromatic nitrogens is 18. The Labute approximate surface area is 902 Å². The van der Waals surface area contributed by atoms with Crippen LogP contribution in [0.25, 0.3) is 55.1 Å². The average molecular weight is 2210 g/mol. The molecule has 0 amide bonds. The molecular formula is C105H180Cl5N23O8Si5. The van der Waals surface area contributed by atoms with E-state index in [9.17, 15) is 9.90 Å². The van der Waals surface area contributed by atoms with E-state index >= 15 is 0 Å². The Balaban J connectivity index is 0.000000216. The molecule has 0 spiro atoms. The maximum Gasteiger partial charge on any atom is 0.200 e. The number of nitrogens with two attached hydrogens (primary N) is 2. The molecule has 9 aromatic heterocycles. The molecule has 146 heavy (non-hydrogen) atoms. The SMILES string of the molecule is CC(C)[Si](O[C@H]1C[C@H](n2cnc3c(Cl)ncnc32)C[C@@H]1CN=[N+]=[N-])(C(C)C)C(C)C.CC(C)[Si](O[C@H]1C[C@H](n2cnc3c(Cl)ncnc32)C[C@@H]1CO)(C(C)C)C(C)C.CC(C)[Si](O[C@H]1C[C@H](n2cnc3cncnc32)C[C@@H]1CN)(C(C)C)C(C)C.CCO.CC[C@H]1C[C@@H](N)C[C@@H]1O[Si](C(C)C)(C(C)C)C(C)C.CC[C@H]1C[C@@H](n2cnc3c(Cl)ncnc32)C[C@@H]1O[Si](C(C)C)(C(C)C)C(C)C.O=CCc1c(Cl)ncnc1Cl. The molecule has 5 saturated carbocycles. The second-order valence-electron chi connectivity index (χ2n) is 46.0. The van der Waals surface area contributed by atoms with Crippen molar-refractivity contribution in [2.45, 2.75) is 456 Å². The highest BCUT2D eigenvalue weighted by molar-refractivity contribution is 6.79. The smallest absolute Gasteiger partial charge is 0.200 e. The van der Waals surface area contributed by atoms with E-state index in [0.29, 0.717) is 188 Å². The lowest BCUT2D eigenvalue weighted by Gasteiger charge is -2.45. The molecule has 6 N–H and O–H groups in total. The molecule has 0 bridgehead atoms. The minimum absolute atomic E-state index is 0.0501. The highest BCUT2D eigenvalue weighted by atomic mass is 35.5. The van der Waals surface area contributed by atoms with E-state index in [1.165, 1.54) is 31.7 Å². The largest absolute Gasteiger partial charge is 0.413 e. The van der Waals surface area contributed by atoms with Crippen molar-refractivity contribution in [1.82, 2.24) is 88.0 Å². The monoisotopic (exact) mass is 2210 g/mol. The van der Waals surface area contributed by atoms with Gasteiger partial charge in [-0.3, -0.25) is 0 Å². The first-order valence-electron chi connectivity index (χ1n) is 54.2. The van der Waals surface area contributed by atoms with Gasteiger partial charge in [0.25, 0.3) is 0 Å². The van der Waals surface area contributed by atoms with Crippen LogP contribution in [0, 0.1) is 29.6 Å². The molecule has 14 rings (SSSR count). The summed E-state index contributed by atoms with van der Waals surface area (Å²) in [6.07, 6.45) is 30.5. The summed E-state index contributed by atoms with van der Waals surface area (Å²) in [5.41, 5.74) is 36.4. The van der Waals surface area contributed by atoms with Gasteiger partial charge in [-0.25, -0.2) is 69.8 Å². The summed E-state index contributed by atoms with van der Waals surface area (Å²) in [7, 11) is -9.63. The number of halogens is 5. The average Bonchev–Trinajstić information content (AvgIpc) is 1.58. The third-order valence-corrected chi connectivity index (χ3v) is 65.4. The van der Waals surface area contributed by atoms with Crippen LogP contribution in [0.2, 0.25) is 109 Å². The van der Waals surface area contributed by atoms with Crippen molar-refractivity contribution in [2.24, 2.45) is 46.2 Å². The Bertz CT molecular complexity index is 5270. The summed E-state index contributed by atoms with van der Waals surface area (Å²) < 4.78 is 43.9. The fraction of sp³-hybridized carbons (Fsp3) is 0.762. The summed E-state index contributed by atoms with van der Waals surface area (Å²) in [6.45, 7) is 77.7. The number of hydrogen-bond donors (Lipinski definition) is 4. The summed E-state index contributed by atoms with van der Waals surface area (Å²) in [6, 6.07) is 1.40. The van der Waals surface area contributed by atoms with Gasteiger partial charge in [0.2, 0.25) is 41.6 Å². The van der Waals surface area contributed by atoms with Gasteiger partial charge in [-0.1, -0.05) is 298 Å². The number of aliphatic hydroxyl groups is 2. The second kappa shape index (κ2) is 56.5. The zero-order valence-electron chi connectivity index (χ0n) is 94.0. The highest BCUT2D eigenvalue weighted by Gasteiger charge is 2.56. The van der Waals surface area contributed by atoms with Gasteiger partial charge in [-0.05, 0) is 190 Å². The number of nitrogens with zero attached hydrogens (tertiary/aromatic N) is 21. The molecule has 0 unspecified atom stereocenters. The molecule has 9 aromatic rings. The van der Waals surface area contributed by atoms with Crippen LogP contribution in [0.15, 0.2) is 68.3 Å². The molecule has 818 valence electrons. The molecule has 0 aromatic carbocycles. The second-order valence-corrected chi connectivity index (χ2v) is 74.8. The number of carbonyl (C=O) groups is 1. The van der Waals surface area contributed by atoms with Gasteiger partial charge in [-0.15, -0.1) is 0 Å². The topological polar surface area (TPSA) is 405 Å². The lowest BCUT2D eigenvalue weighted by Crippen LogP contribution is -2.51. The van der Waals surface area contributed by atoms with E-state index in [0.717, 1.165) is 98.7 Å². The van der Waals surface area contributed by atoms with Crippen LogP contribution in [-0.2, 0) is 33.3 Å². The molecule has 9 heterocycles. The van der Waals surface area contributed by atoms with Crippen molar-refractivity contribution in [3.63, 3.8) is 0 Å². The quantitative estimate of drug-likeness (QED) is 0.00701. The van der Waals surface area contributed by atoms with E-state index in [-0.39, 0.29) is 72.2 Å². The molecular weight excluding hydrogens is 2030 g/mol. The number of carbonyl (C=O) groups excluding carboxylic acids is 1. The van der Waals surface area contributed by atoms with E-state index in [4.69, 9.17) is 102 Å². The Morgan fingerprint density at radius 1 is 0.377 bits per heavy atom. The van der Waals surface area contributed by atoms with Crippen molar-refractivity contribution in [3.05, 3.63) is 105 Å². The Morgan fingerprint density at radius 2 is 0.644 bits per heavy atom. The van der Waals surface area contributed by atoms with Crippen LogP contribution in [0.1, 0.15) is 335 Å². The van der Waals surface area contributed by atoms with Crippen LogP contribution < -0.4 is 11.5 Å². The zero-order valence-corrected chi connectivity index (χ0v) is 103. The molecule has 0 saturated heterocycles. The number of aldehydes is 1. The Hall–Kier alpha value is -5.57. The molecule has 0 radical (unpaired) electrons. The number of hydrogen-bond acceptors (Lipinski definition) is 25. The van der Waals surface area contributed by atoms with Crippen LogP contribution in [0.5, 0.6) is 0 Å². The van der Waals surface area contributed by atoms with Crippen LogP contribution in [-0.4, -0.2) is 209 Å². The molecule has 15 atom stereocenters. The zero-order chi connectivity index (χ0) is 109. The summed E-state index contributed by atoms with van der Waals surface area (Å²) in [5, 5.41) is 23.2. The first kappa shape index (κ1) is 126. The van der Waals surface area contributed by atoms with Gasteiger partial charge < -0.3 is 66.9 Å². The predicted molar refractivity (Wildman–Crippen MR) is 609 cm³/mol. The van der Waals surface area contributed by atoms with Crippen molar-refractivity contribution in [1.29, 1.82) is 0 Å². The summed E-state index contributed by atoms with van der Waals surface area (Å²) in [4.78, 5) is 72.1. The van der Waals surface area contributed by atoms with Crippen molar-refractivity contribution >= 4 is 151 Å². The van der Waals surface area contributed by atoms with Gasteiger partial charge >= 0.3 is 0 Å². The number of rotatable bonds is 37. The summed E-state index contributed by atoms with van der Waals surface area (Å²) in [5.74, 6) is 1.94. The number of fused-ring (bicyclic) bond motifs is 4. The van der Waals surface area contributed by atoms with E-state index in [2.05, 4.69) is 320 Å². The van der Waals surface area contributed by atoms with Crippen LogP contribution in [0.4, 0.5) is 0 Å². The Morgan fingerprint density at radius 3 is 0.959 bits per heavy atom. The number of imidazole rings is 4. The maximum absolute atomic E-state index is 10.1. The minimum Gasteiger partial charge on any atom is -0.413 e. The van der Waals surface area contributed by atoms with Gasteiger partial charge in [0.1, 0.15) is 70.3 Å². The van der Waals surface area contributed by atoms with Gasteiger partial charge in [-0.2, -0.15) is 0 Å². The standard InChI is InChI=1S/C21H35ClN4OSi.C20H32ClN7OSi.C20H33ClN4O2Si.C20H35N5OSi.C16H35NOSi.C6H4Cl2N2O.C2H6O/c1-8-16-9-17(26-12-25-19-20(22)23-11-24-21(19)26)10-18(16)27-28(13(2)3,14(4)5)15(6)7;1-12(2)30(13(3)4,14(5)6)29-17-8-16(7-15(17)9-26-27-22)28-11-25-18-19(21)23-10-24-20(18)28;1-12(2)28(13(3)4,14(5)6)27-17-8-16(7-15(17)9-26)25-11-24-18-19(21)22-10-23-20(18)25;1-13(2)27(14(3)4,15(5)6)26-19-8-17(7-16(19)9-21)25-12-24-18-10-22-11-23-20(18)25;1-8-14-9-15(17)10-16(14)18-19(11(2)3,12(4)5)13(6)7;7-5-4(1-2-11)6(8)10-3-9-5;1-2-3/h11-18H,8-10H2,1-7H3;10-17H,7-9H2,1-6H3;10-17,26H,7-9H2,1-6H3;10-17,19H,7-9,21H2,1-6H3;11-16H,8-10,17H2,1-7H3;2-3H,1H2;3H,2H2,1H3/t16-,17+,18-;2*15-,16-,17+;16-,17-,19+;14-,15+,16-;;/m01110../s1. The van der Waals surface area contributed by atoms with Crippen molar-refractivity contribution in [2.75, 3.05) is 26.3 Å². The normalized spacial score (nSPS) is 22.7. The van der Waals surface area contributed by atoms with E-state index < -0.39 is 41.6 Å². The van der Waals surface area contributed by atoms with E-state index in [1.54, 1.807) is 32.1 Å². The molecule has 5 aliphatic rings. The molecule has 0 aliphatic heterocycles. The number of azide groups is 1. The van der Waals surface area contributed by atoms with E-state index in [1.807, 2.05) is 12.7 Å². The molecule has 5 fully saturated rings. The Kier molecular flexibility index (Phi) is 48.6. The first-order chi connectivity index (χ1) is 68.9. The van der Waals surface area contributed by atoms with Crippen molar-refractivity contribution < 1.29 is 37.1 Å². The highest BCUT2D eigenvalue weighted by Crippen LogP contribution is 2.55. The lowest BCUT2D eigenvalue weighted by molar-refractivity contribution is -0.107. The predicted octanol–water partition coefficient (Wildman–Crippen LogP) is 28.2. The fourth-order valence-electron chi connectivity index (χ4n) is 26.9.